The monoisotopic (exact) mass is 219 g/mol. The Morgan fingerprint density at radius 2 is 2.06 bits per heavy atom. The molecule has 0 spiro atoms. The molecule has 2 heteroatoms. The summed E-state index contributed by atoms with van der Waals surface area (Å²) in [5, 5.41) is 9.98. The lowest BCUT2D eigenvalue weighted by Gasteiger charge is -2.31. The normalized spacial score (nSPS) is 25.6. The van der Waals surface area contributed by atoms with Crippen molar-refractivity contribution < 1.29 is 5.11 Å². The largest absolute Gasteiger partial charge is 0.388 e. The molecule has 1 aromatic rings. The van der Waals surface area contributed by atoms with Crippen molar-refractivity contribution in [2.24, 2.45) is 5.92 Å². The number of hydrogen-bond donors (Lipinski definition) is 1. The van der Waals surface area contributed by atoms with Gasteiger partial charge in [0.15, 0.2) is 0 Å². The predicted octanol–water partition coefficient (Wildman–Crippen LogP) is 3.00. The van der Waals surface area contributed by atoms with E-state index in [9.17, 15) is 5.11 Å². The van der Waals surface area contributed by atoms with E-state index >= 15 is 0 Å². The fourth-order valence-corrected chi connectivity index (χ4v) is 3.19. The molecule has 1 fully saturated rings. The molecule has 1 N–H and O–H groups in total. The summed E-state index contributed by atoms with van der Waals surface area (Å²) in [5.41, 5.74) is 2.81. The zero-order valence-corrected chi connectivity index (χ0v) is 10.2. The van der Waals surface area contributed by atoms with E-state index in [-0.39, 0.29) is 11.6 Å². The van der Waals surface area contributed by atoms with Crippen LogP contribution in [0.25, 0.3) is 0 Å². The summed E-state index contributed by atoms with van der Waals surface area (Å²) in [6, 6.07) is 2.13. The molecule has 0 bridgehead atoms. The summed E-state index contributed by atoms with van der Waals surface area (Å²) in [6.45, 7) is 4.68. The third kappa shape index (κ3) is 1.43. The topological polar surface area (TPSA) is 25.2 Å². The zero-order chi connectivity index (χ0) is 11.3. The molecule has 0 radical (unpaired) electrons. The Balaban J connectivity index is 2.02. The van der Waals surface area contributed by atoms with Gasteiger partial charge in [-0.3, -0.25) is 0 Å². The Bertz CT molecular complexity index is 401. The Morgan fingerprint density at radius 3 is 2.75 bits per heavy atom. The van der Waals surface area contributed by atoms with Crippen LogP contribution < -0.4 is 0 Å². The van der Waals surface area contributed by atoms with E-state index in [1.165, 1.54) is 24.1 Å². The standard InChI is InChI=1S/C14H21NO/c1-14(2,10-6-7-10)15-9-8-11-12(15)4-3-5-13(11)16/h8-10,13,16H,3-7H2,1-2H3. The minimum absolute atomic E-state index is 0.222. The van der Waals surface area contributed by atoms with Crippen LogP contribution in [-0.4, -0.2) is 9.67 Å². The molecule has 3 rings (SSSR count). The summed E-state index contributed by atoms with van der Waals surface area (Å²) in [5.74, 6) is 0.836. The van der Waals surface area contributed by atoms with Crippen LogP contribution in [0.5, 0.6) is 0 Å². The van der Waals surface area contributed by atoms with Crippen LogP contribution >= 0.6 is 0 Å². The van der Waals surface area contributed by atoms with Gasteiger partial charge in [0.25, 0.3) is 0 Å². The van der Waals surface area contributed by atoms with E-state index in [2.05, 4.69) is 30.7 Å². The van der Waals surface area contributed by atoms with Gasteiger partial charge in [-0.2, -0.15) is 0 Å². The molecule has 0 amide bonds. The highest BCUT2D eigenvalue weighted by Crippen LogP contribution is 2.46. The van der Waals surface area contributed by atoms with Gasteiger partial charge in [0.2, 0.25) is 0 Å². The molecule has 2 aliphatic rings. The smallest absolute Gasteiger partial charge is 0.0807 e. The first-order chi connectivity index (χ1) is 7.60. The van der Waals surface area contributed by atoms with Gasteiger partial charge in [-0.15, -0.1) is 0 Å². The summed E-state index contributed by atoms with van der Waals surface area (Å²) in [6.07, 6.45) is 7.89. The molecule has 0 aliphatic heterocycles. The van der Waals surface area contributed by atoms with Crippen molar-refractivity contribution in [3.8, 4) is 0 Å². The second kappa shape index (κ2) is 3.36. The van der Waals surface area contributed by atoms with Crippen LogP contribution in [0.1, 0.15) is 56.9 Å². The second-order valence-corrected chi connectivity index (χ2v) is 5.92. The van der Waals surface area contributed by atoms with Gasteiger partial charge in [-0.05, 0) is 57.9 Å². The van der Waals surface area contributed by atoms with Crippen LogP contribution in [-0.2, 0) is 12.0 Å². The third-order valence-corrected chi connectivity index (χ3v) is 4.47. The second-order valence-electron chi connectivity index (χ2n) is 5.92. The third-order valence-electron chi connectivity index (χ3n) is 4.47. The van der Waals surface area contributed by atoms with E-state index in [1.54, 1.807) is 0 Å². The SMILES string of the molecule is CC(C)(C1CC1)n1ccc2c1CCCC2O. The fraction of sp³-hybridized carbons (Fsp3) is 0.714. The average molecular weight is 219 g/mol. The maximum absolute atomic E-state index is 9.98. The van der Waals surface area contributed by atoms with E-state index in [1.807, 2.05) is 0 Å². The maximum atomic E-state index is 9.98. The molecule has 0 saturated heterocycles. The molecule has 16 heavy (non-hydrogen) atoms. The first-order valence-electron chi connectivity index (χ1n) is 6.49. The summed E-state index contributed by atoms with van der Waals surface area (Å²) < 4.78 is 2.43. The Morgan fingerprint density at radius 1 is 1.31 bits per heavy atom. The highest BCUT2D eigenvalue weighted by molar-refractivity contribution is 5.29. The number of nitrogens with zero attached hydrogens (tertiary/aromatic N) is 1. The van der Waals surface area contributed by atoms with E-state index in [0.717, 1.165) is 25.2 Å². The fourth-order valence-electron chi connectivity index (χ4n) is 3.19. The van der Waals surface area contributed by atoms with E-state index in [0.29, 0.717) is 0 Å². The van der Waals surface area contributed by atoms with Crippen LogP contribution in [0.2, 0.25) is 0 Å². The molecule has 1 heterocycles. The van der Waals surface area contributed by atoms with Gasteiger partial charge in [0.05, 0.1) is 6.10 Å². The van der Waals surface area contributed by atoms with Crippen molar-refractivity contribution in [2.45, 2.75) is 57.6 Å². The van der Waals surface area contributed by atoms with Gasteiger partial charge in [0, 0.05) is 23.0 Å². The number of rotatable bonds is 2. The summed E-state index contributed by atoms with van der Waals surface area (Å²) in [7, 11) is 0. The van der Waals surface area contributed by atoms with Crippen LogP contribution in [0, 0.1) is 5.92 Å². The first-order valence-corrected chi connectivity index (χ1v) is 6.49. The van der Waals surface area contributed by atoms with Crippen molar-refractivity contribution in [3.05, 3.63) is 23.5 Å². The Kier molecular flexibility index (Phi) is 2.19. The van der Waals surface area contributed by atoms with E-state index in [4.69, 9.17) is 0 Å². The molecule has 0 aromatic carbocycles. The number of hydrogen-bond acceptors (Lipinski definition) is 1. The van der Waals surface area contributed by atoms with Crippen LogP contribution in [0.3, 0.4) is 0 Å². The number of aliphatic hydroxyl groups is 1. The van der Waals surface area contributed by atoms with Crippen molar-refractivity contribution in [2.75, 3.05) is 0 Å². The quantitative estimate of drug-likeness (QED) is 0.812. The molecule has 1 aromatic heterocycles. The highest BCUT2D eigenvalue weighted by Gasteiger charge is 2.40. The average Bonchev–Trinajstić information content (AvgIpc) is 2.99. The minimum atomic E-state index is -0.222. The van der Waals surface area contributed by atoms with Crippen molar-refractivity contribution in [1.29, 1.82) is 0 Å². The van der Waals surface area contributed by atoms with Gasteiger partial charge >= 0.3 is 0 Å². The lowest BCUT2D eigenvalue weighted by Crippen LogP contribution is -2.30. The van der Waals surface area contributed by atoms with Crippen LogP contribution in [0.15, 0.2) is 12.3 Å². The molecular formula is C14H21NO. The molecule has 2 aliphatic carbocycles. The van der Waals surface area contributed by atoms with Crippen molar-refractivity contribution >= 4 is 0 Å². The molecule has 1 unspecified atom stereocenters. The van der Waals surface area contributed by atoms with E-state index < -0.39 is 0 Å². The number of fused-ring (bicyclic) bond motifs is 1. The minimum Gasteiger partial charge on any atom is -0.388 e. The van der Waals surface area contributed by atoms with Crippen molar-refractivity contribution in [3.63, 3.8) is 0 Å². The Hall–Kier alpha value is -0.760. The lowest BCUT2D eigenvalue weighted by molar-refractivity contribution is 0.153. The van der Waals surface area contributed by atoms with Gasteiger partial charge in [-0.25, -0.2) is 0 Å². The predicted molar refractivity (Wildman–Crippen MR) is 64.4 cm³/mol. The van der Waals surface area contributed by atoms with Gasteiger partial charge < -0.3 is 9.67 Å². The van der Waals surface area contributed by atoms with Gasteiger partial charge in [0.1, 0.15) is 0 Å². The summed E-state index contributed by atoms with van der Waals surface area (Å²) in [4.78, 5) is 0. The molecule has 1 atom stereocenters. The van der Waals surface area contributed by atoms with Gasteiger partial charge in [-0.1, -0.05) is 0 Å². The Labute approximate surface area is 97.3 Å². The molecule has 1 saturated carbocycles. The maximum Gasteiger partial charge on any atom is 0.0807 e. The lowest BCUT2D eigenvalue weighted by atomic mass is 9.92. The first kappa shape index (κ1) is 10.4. The number of aliphatic hydroxyl groups excluding tert-OH is 1. The molecule has 88 valence electrons. The van der Waals surface area contributed by atoms with Crippen LogP contribution in [0.4, 0.5) is 0 Å². The summed E-state index contributed by atoms with van der Waals surface area (Å²) >= 11 is 0. The molecular weight excluding hydrogens is 198 g/mol. The zero-order valence-electron chi connectivity index (χ0n) is 10.2. The molecule has 2 nitrogen and oxygen atoms in total. The number of aromatic nitrogens is 1. The highest BCUT2D eigenvalue weighted by atomic mass is 16.3. The van der Waals surface area contributed by atoms with Crippen molar-refractivity contribution in [1.82, 2.24) is 4.57 Å².